The molecule has 0 spiro atoms. The molecule has 3 rings (SSSR count). The van der Waals surface area contributed by atoms with Gasteiger partial charge < -0.3 is 19.9 Å². The zero-order valence-electron chi connectivity index (χ0n) is 11.8. The van der Waals surface area contributed by atoms with Crippen molar-refractivity contribution in [1.29, 1.82) is 0 Å². The summed E-state index contributed by atoms with van der Waals surface area (Å²) < 4.78 is 5.39. The van der Waals surface area contributed by atoms with E-state index in [9.17, 15) is 0 Å². The lowest BCUT2D eigenvalue weighted by molar-refractivity contribution is 0.0526. The topological polar surface area (TPSA) is 40.1 Å². The minimum atomic E-state index is 0.242. The van der Waals surface area contributed by atoms with Crippen molar-refractivity contribution in [1.82, 2.24) is 15.1 Å². The molecule has 0 aromatic carbocycles. The van der Waals surface area contributed by atoms with E-state index in [4.69, 9.17) is 9.73 Å². The van der Waals surface area contributed by atoms with Gasteiger partial charge in [0.2, 0.25) is 5.96 Å². The average Bonchev–Trinajstić information content (AvgIpc) is 2.40. The van der Waals surface area contributed by atoms with Crippen LogP contribution >= 0.6 is 0 Å². The van der Waals surface area contributed by atoms with Crippen LogP contribution in [0.4, 0.5) is 0 Å². The average molecular weight is 262 g/mol. The molecule has 2 saturated heterocycles. The Bertz CT molecular complexity index is 446. The van der Waals surface area contributed by atoms with Crippen LogP contribution in [0.25, 0.3) is 0 Å². The molecular formula is C14H22N4O. The van der Waals surface area contributed by atoms with E-state index in [0.717, 1.165) is 56.9 Å². The molecule has 0 saturated carbocycles. The highest BCUT2D eigenvalue weighted by atomic mass is 16.5. The van der Waals surface area contributed by atoms with Crippen molar-refractivity contribution in [2.45, 2.75) is 13.8 Å². The van der Waals surface area contributed by atoms with Gasteiger partial charge in [-0.25, -0.2) is 0 Å². The van der Waals surface area contributed by atoms with Crippen LogP contribution in [-0.4, -0.2) is 55.2 Å². The van der Waals surface area contributed by atoms with Crippen molar-refractivity contribution in [2.75, 3.05) is 39.4 Å². The molecule has 19 heavy (non-hydrogen) atoms. The van der Waals surface area contributed by atoms with Crippen LogP contribution < -0.4 is 5.32 Å². The van der Waals surface area contributed by atoms with E-state index in [1.54, 1.807) is 0 Å². The highest BCUT2D eigenvalue weighted by Gasteiger charge is 2.33. The molecule has 0 aliphatic carbocycles. The van der Waals surface area contributed by atoms with Crippen molar-refractivity contribution in [3.05, 3.63) is 24.2 Å². The molecule has 0 amide bonds. The van der Waals surface area contributed by atoms with Gasteiger partial charge in [-0.1, -0.05) is 20.4 Å². The summed E-state index contributed by atoms with van der Waals surface area (Å²) in [7, 11) is 0. The fourth-order valence-corrected chi connectivity index (χ4v) is 2.63. The number of nitrogens with one attached hydrogen (secondary N) is 1. The molecule has 0 bridgehead atoms. The molecule has 0 aromatic rings. The SMILES string of the molecule is C=C1C=C(N2CCOCC2)N=C2NCC(C)(C)CN12. The third kappa shape index (κ3) is 2.47. The Balaban J connectivity index is 1.80. The van der Waals surface area contributed by atoms with Crippen LogP contribution in [0.3, 0.4) is 0 Å². The summed E-state index contributed by atoms with van der Waals surface area (Å²) in [6.45, 7) is 14.0. The highest BCUT2D eigenvalue weighted by molar-refractivity contribution is 5.85. The minimum absolute atomic E-state index is 0.242. The Hall–Kier alpha value is -1.49. The van der Waals surface area contributed by atoms with Crippen LogP contribution in [-0.2, 0) is 4.74 Å². The number of hydrogen-bond acceptors (Lipinski definition) is 5. The first-order valence-corrected chi connectivity index (χ1v) is 6.89. The van der Waals surface area contributed by atoms with Gasteiger partial charge in [-0.15, -0.1) is 0 Å². The predicted molar refractivity (Wildman–Crippen MR) is 75.5 cm³/mol. The molecule has 2 fully saturated rings. The first-order valence-electron chi connectivity index (χ1n) is 6.89. The second-order valence-corrected chi connectivity index (χ2v) is 6.13. The van der Waals surface area contributed by atoms with E-state index >= 15 is 0 Å². The van der Waals surface area contributed by atoms with Gasteiger partial charge in [0.05, 0.1) is 13.2 Å². The fourth-order valence-electron chi connectivity index (χ4n) is 2.63. The van der Waals surface area contributed by atoms with Gasteiger partial charge in [0, 0.05) is 43.4 Å². The third-order valence-electron chi connectivity index (χ3n) is 3.76. The van der Waals surface area contributed by atoms with Gasteiger partial charge >= 0.3 is 0 Å². The molecule has 104 valence electrons. The second-order valence-electron chi connectivity index (χ2n) is 6.13. The van der Waals surface area contributed by atoms with Crippen LogP contribution in [0.5, 0.6) is 0 Å². The lowest BCUT2D eigenvalue weighted by Crippen LogP contribution is -2.56. The van der Waals surface area contributed by atoms with E-state index in [2.05, 4.69) is 41.6 Å². The van der Waals surface area contributed by atoms with E-state index < -0.39 is 0 Å². The lowest BCUT2D eigenvalue weighted by Gasteiger charge is -2.43. The van der Waals surface area contributed by atoms with E-state index in [1.165, 1.54) is 0 Å². The monoisotopic (exact) mass is 262 g/mol. The molecule has 0 aromatic heterocycles. The number of morpholine rings is 1. The van der Waals surface area contributed by atoms with Gasteiger partial charge in [-0.3, -0.25) is 0 Å². The Morgan fingerprint density at radius 2 is 2.11 bits per heavy atom. The second kappa shape index (κ2) is 4.56. The van der Waals surface area contributed by atoms with Crippen molar-refractivity contribution in [3.8, 4) is 0 Å². The van der Waals surface area contributed by atoms with Crippen LogP contribution in [0.1, 0.15) is 13.8 Å². The minimum Gasteiger partial charge on any atom is -0.378 e. The maximum Gasteiger partial charge on any atom is 0.205 e. The summed E-state index contributed by atoms with van der Waals surface area (Å²) in [6.07, 6.45) is 2.08. The number of ether oxygens (including phenoxy) is 1. The van der Waals surface area contributed by atoms with Gasteiger partial charge in [0.25, 0.3) is 0 Å². The number of fused-ring (bicyclic) bond motifs is 1. The Morgan fingerprint density at radius 1 is 1.37 bits per heavy atom. The molecule has 5 heteroatoms. The van der Waals surface area contributed by atoms with Crippen molar-refractivity contribution < 1.29 is 4.74 Å². The maximum atomic E-state index is 5.39. The zero-order chi connectivity index (χ0) is 13.5. The van der Waals surface area contributed by atoms with Crippen molar-refractivity contribution in [2.24, 2.45) is 10.4 Å². The molecule has 5 nitrogen and oxygen atoms in total. The maximum absolute atomic E-state index is 5.39. The largest absolute Gasteiger partial charge is 0.378 e. The number of guanidine groups is 1. The van der Waals surface area contributed by atoms with Crippen LogP contribution in [0.2, 0.25) is 0 Å². The highest BCUT2D eigenvalue weighted by Crippen LogP contribution is 2.27. The first kappa shape index (κ1) is 12.5. The Labute approximate surface area is 114 Å². The number of hydrogen-bond donors (Lipinski definition) is 1. The van der Waals surface area contributed by atoms with Crippen LogP contribution in [0.15, 0.2) is 29.2 Å². The smallest absolute Gasteiger partial charge is 0.205 e. The molecule has 3 heterocycles. The van der Waals surface area contributed by atoms with E-state index in [0.29, 0.717) is 0 Å². The van der Waals surface area contributed by atoms with Crippen LogP contribution in [0, 0.1) is 5.41 Å². The summed E-state index contributed by atoms with van der Waals surface area (Å²) in [5.74, 6) is 1.94. The van der Waals surface area contributed by atoms with E-state index in [1.807, 2.05) is 0 Å². The number of aliphatic imine (C=N–C) groups is 1. The van der Waals surface area contributed by atoms with Gasteiger partial charge in [-0.2, -0.15) is 4.99 Å². The molecule has 0 unspecified atom stereocenters. The summed E-state index contributed by atoms with van der Waals surface area (Å²) in [5, 5.41) is 3.43. The molecule has 3 aliphatic rings. The van der Waals surface area contributed by atoms with Gasteiger partial charge in [0.1, 0.15) is 5.82 Å². The summed E-state index contributed by atoms with van der Waals surface area (Å²) in [6, 6.07) is 0. The molecule has 1 N–H and O–H groups in total. The molecular weight excluding hydrogens is 240 g/mol. The molecule has 3 aliphatic heterocycles. The normalized spacial score (nSPS) is 26.3. The Morgan fingerprint density at radius 3 is 2.84 bits per heavy atom. The van der Waals surface area contributed by atoms with E-state index in [-0.39, 0.29) is 5.41 Å². The first-order chi connectivity index (χ1) is 9.05. The van der Waals surface area contributed by atoms with Crippen molar-refractivity contribution >= 4 is 5.96 Å². The zero-order valence-corrected chi connectivity index (χ0v) is 11.8. The quantitative estimate of drug-likeness (QED) is 0.764. The lowest BCUT2D eigenvalue weighted by atomic mass is 9.90. The Kier molecular flexibility index (Phi) is 3.01. The van der Waals surface area contributed by atoms with Gasteiger partial charge in [0.15, 0.2) is 0 Å². The molecule has 0 radical (unpaired) electrons. The van der Waals surface area contributed by atoms with Gasteiger partial charge in [-0.05, 0) is 0 Å². The third-order valence-corrected chi connectivity index (χ3v) is 3.76. The fraction of sp³-hybridized carbons (Fsp3) is 0.643. The number of rotatable bonds is 1. The predicted octanol–water partition coefficient (Wildman–Crippen LogP) is 0.975. The molecule has 0 atom stereocenters. The number of allylic oxidation sites excluding steroid dienone is 1. The number of nitrogens with zero attached hydrogens (tertiary/aromatic N) is 3. The summed E-state index contributed by atoms with van der Waals surface area (Å²) in [5.41, 5.74) is 1.26. The summed E-state index contributed by atoms with van der Waals surface area (Å²) in [4.78, 5) is 9.18. The summed E-state index contributed by atoms with van der Waals surface area (Å²) >= 11 is 0. The van der Waals surface area contributed by atoms with Crippen molar-refractivity contribution in [3.63, 3.8) is 0 Å². The standard InChI is InChI=1S/C14H22N4O/c1-11-8-12(17-4-6-19-7-5-17)16-13-15-9-14(2,3)10-18(11)13/h8H,1,4-7,9-10H2,2-3H3,(H,15,16).